The van der Waals surface area contributed by atoms with Crippen LogP contribution in [-0.2, 0) is 33.3 Å². The predicted molar refractivity (Wildman–Crippen MR) is 183 cm³/mol. The Hall–Kier alpha value is -4.50. The first-order chi connectivity index (χ1) is 21.9. The number of rotatable bonds is 7. The normalized spacial score (nSPS) is 11.3. The van der Waals surface area contributed by atoms with Crippen molar-refractivity contribution in [3.05, 3.63) is 131 Å². The second-order valence-electron chi connectivity index (χ2n) is 11.8. The molecule has 0 radical (unpaired) electrons. The second kappa shape index (κ2) is 12.7. The van der Waals surface area contributed by atoms with E-state index in [0.717, 1.165) is 63.0 Å². The van der Waals surface area contributed by atoms with Gasteiger partial charge in [-0.3, -0.25) is 4.68 Å². The average Bonchev–Trinajstić information content (AvgIpc) is 3.56. The molecule has 7 aromatic rings. The smallest absolute Gasteiger partial charge is 0.509 e. The van der Waals surface area contributed by atoms with Crippen molar-refractivity contribution in [1.82, 2.24) is 19.3 Å². The summed E-state index contributed by atoms with van der Waals surface area (Å²) in [4.78, 5) is 4.70. The summed E-state index contributed by atoms with van der Waals surface area (Å²) >= 11 is 0. The fraction of sp³-hybridized carbons (Fsp3) is 0.200. The van der Waals surface area contributed by atoms with Crippen LogP contribution in [0, 0.1) is 39.8 Å². The number of fused-ring (bicyclic) bond motifs is 3. The minimum Gasteiger partial charge on any atom is -0.509 e. The Labute approximate surface area is 284 Å². The molecule has 0 aliphatic carbocycles. The largest absolute Gasteiger partial charge is 2.00 e. The van der Waals surface area contributed by atoms with E-state index in [0.29, 0.717) is 11.5 Å². The van der Waals surface area contributed by atoms with Crippen LogP contribution in [-0.4, -0.2) is 19.3 Å². The molecule has 3 heterocycles. The van der Waals surface area contributed by atoms with Crippen LogP contribution in [0.25, 0.3) is 44.4 Å². The minimum absolute atomic E-state index is 0. The Kier molecular flexibility index (Phi) is 8.70. The van der Waals surface area contributed by atoms with Crippen LogP contribution < -0.4 is 4.74 Å². The molecular formula is C40H36N4OPd. The molecule has 0 fully saturated rings. The zero-order chi connectivity index (χ0) is 31.2. The first-order valence-corrected chi connectivity index (χ1v) is 15.6. The van der Waals surface area contributed by atoms with Gasteiger partial charge in [-0.05, 0) is 85.1 Å². The molecule has 0 amide bonds. The first-order valence-electron chi connectivity index (χ1n) is 15.6. The van der Waals surface area contributed by atoms with Gasteiger partial charge in [-0.15, -0.1) is 35.7 Å². The Morgan fingerprint density at radius 1 is 0.717 bits per heavy atom. The Balaban J connectivity index is 0.00000372. The molecule has 46 heavy (non-hydrogen) atoms. The Bertz CT molecular complexity index is 2210. The first kappa shape index (κ1) is 31.5. The van der Waals surface area contributed by atoms with Gasteiger partial charge < -0.3 is 9.30 Å². The zero-order valence-corrected chi connectivity index (χ0v) is 28.6. The third-order valence-corrected chi connectivity index (χ3v) is 8.56. The maximum absolute atomic E-state index is 6.51. The summed E-state index contributed by atoms with van der Waals surface area (Å²) in [6.45, 7) is 12.9. The second-order valence-corrected chi connectivity index (χ2v) is 11.8. The van der Waals surface area contributed by atoms with Crippen molar-refractivity contribution < 1.29 is 25.2 Å². The molecule has 0 aliphatic heterocycles. The van der Waals surface area contributed by atoms with E-state index in [9.17, 15) is 0 Å². The molecule has 0 unspecified atom stereocenters. The molecule has 0 aliphatic rings. The van der Waals surface area contributed by atoms with Crippen molar-refractivity contribution in [2.75, 3.05) is 0 Å². The number of pyridine rings is 1. The summed E-state index contributed by atoms with van der Waals surface area (Å²) in [5.74, 6) is 2.10. The zero-order valence-electron chi connectivity index (χ0n) is 27.0. The van der Waals surface area contributed by atoms with Gasteiger partial charge in [0.15, 0.2) is 0 Å². The van der Waals surface area contributed by atoms with E-state index >= 15 is 0 Å². The summed E-state index contributed by atoms with van der Waals surface area (Å²) in [6.07, 6.45) is 3.54. The van der Waals surface area contributed by atoms with E-state index < -0.39 is 0 Å². The number of aryl methyl sites for hydroxylation is 5. The summed E-state index contributed by atoms with van der Waals surface area (Å²) in [5, 5.41) is 7.40. The van der Waals surface area contributed by atoms with Crippen molar-refractivity contribution in [1.29, 1.82) is 0 Å². The van der Waals surface area contributed by atoms with Gasteiger partial charge in [0.1, 0.15) is 5.82 Å². The van der Waals surface area contributed by atoms with E-state index in [4.69, 9.17) is 14.8 Å². The van der Waals surface area contributed by atoms with E-state index in [2.05, 4.69) is 124 Å². The van der Waals surface area contributed by atoms with Crippen LogP contribution in [0.2, 0.25) is 0 Å². The number of para-hydroxylation sites is 1. The molecule has 0 N–H and O–H groups in total. The SMILES string of the molecule is CCc1nn(-c2[c-]c(Oc3[c-]c4c(cc3)c3ccccc3n4-c3cc(C)ccn3)cc(C)c2)c(CC)c1-c1c(C)cccc1C.[Pd+2]. The van der Waals surface area contributed by atoms with Gasteiger partial charge in [-0.2, -0.15) is 16.7 Å². The number of hydrogen-bond acceptors (Lipinski definition) is 3. The fourth-order valence-electron chi connectivity index (χ4n) is 6.54. The molecular weight excluding hydrogens is 659 g/mol. The quantitative estimate of drug-likeness (QED) is 0.123. The summed E-state index contributed by atoms with van der Waals surface area (Å²) in [7, 11) is 0. The summed E-state index contributed by atoms with van der Waals surface area (Å²) in [6, 6.07) is 34.3. The molecule has 0 atom stereocenters. The molecule has 0 bridgehead atoms. The van der Waals surface area contributed by atoms with Crippen LogP contribution in [0.3, 0.4) is 0 Å². The van der Waals surface area contributed by atoms with Crippen LogP contribution in [0.15, 0.2) is 85.1 Å². The molecule has 7 rings (SSSR count). The van der Waals surface area contributed by atoms with Crippen molar-refractivity contribution in [2.24, 2.45) is 0 Å². The van der Waals surface area contributed by atoms with Crippen molar-refractivity contribution in [3.8, 4) is 34.1 Å². The van der Waals surface area contributed by atoms with Gasteiger partial charge in [-0.1, -0.05) is 62.7 Å². The molecule has 0 spiro atoms. The monoisotopic (exact) mass is 694 g/mol. The van der Waals surface area contributed by atoms with E-state index in [1.54, 1.807) is 0 Å². The molecule has 232 valence electrons. The van der Waals surface area contributed by atoms with Gasteiger partial charge in [0.05, 0.1) is 5.69 Å². The van der Waals surface area contributed by atoms with Gasteiger partial charge in [0.2, 0.25) is 0 Å². The van der Waals surface area contributed by atoms with Gasteiger partial charge >= 0.3 is 20.4 Å². The molecule has 6 heteroatoms. The number of nitrogens with zero attached hydrogens (tertiary/aromatic N) is 4. The maximum atomic E-state index is 6.51. The van der Waals surface area contributed by atoms with E-state index in [1.807, 2.05) is 24.4 Å². The maximum Gasteiger partial charge on any atom is 2.00 e. The summed E-state index contributed by atoms with van der Waals surface area (Å²) < 4.78 is 10.7. The van der Waals surface area contributed by atoms with Crippen molar-refractivity contribution >= 4 is 21.8 Å². The van der Waals surface area contributed by atoms with Crippen LogP contribution >= 0.6 is 0 Å². The number of benzene rings is 4. The van der Waals surface area contributed by atoms with Gasteiger partial charge in [0.25, 0.3) is 0 Å². The number of aromatic nitrogens is 4. The fourth-order valence-corrected chi connectivity index (χ4v) is 6.54. The number of hydrogen-bond donors (Lipinski definition) is 0. The molecule has 4 aromatic carbocycles. The minimum atomic E-state index is 0. The van der Waals surface area contributed by atoms with Crippen molar-refractivity contribution in [3.63, 3.8) is 0 Å². The van der Waals surface area contributed by atoms with Gasteiger partial charge in [-0.25, -0.2) is 4.98 Å². The standard InChI is InChI=1S/C40H36N4O.Pd/c1-7-34-40(39-27(5)12-11-13-28(39)6)35(8-2)44(42-34)29-20-26(4)21-31(23-29)45-30-16-17-33-32-14-9-10-15-36(32)43(37(33)24-30)38-22-25(3)18-19-41-38;/h9-22H,7-8H2,1-6H3;/q-2;+2. The molecule has 3 aromatic heterocycles. The third-order valence-electron chi connectivity index (χ3n) is 8.56. The molecule has 0 saturated carbocycles. The number of ether oxygens (including phenoxy) is 1. The topological polar surface area (TPSA) is 44.9 Å². The van der Waals surface area contributed by atoms with E-state index in [1.165, 1.54) is 27.9 Å². The molecule has 5 nitrogen and oxygen atoms in total. The third kappa shape index (κ3) is 5.47. The average molecular weight is 695 g/mol. The molecule has 0 saturated heterocycles. The van der Waals surface area contributed by atoms with Crippen LogP contribution in [0.1, 0.15) is 47.5 Å². The Morgan fingerprint density at radius 3 is 2.24 bits per heavy atom. The van der Waals surface area contributed by atoms with Gasteiger partial charge in [0, 0.05) is 34.5 Å². The van der Waals surface area contributed by atoms with Crippen molar-refractivity contribution in [2.45, 2.75) is 54.4 Å². The Morgan fingerprint density at radius 2 is 1.50 bits per heavy atom. The van der Waals surface area contributed by atoms with Crippen LogP contribution in [0.5, 0.6) is 11.5 Å². The van der Waals surface area contributed by atoms with E-state index in [-0.39, 0.29) is 20.4 Å². The van der Waals surface area contributed by atoms with Crippen LogP contribution in [0.4, 0.5) is 0 Å². The summed E-state index contributed by atoms with van der Waals surface area (Å²) in [5.41, 5.74) is 12.4. The predicted octanol–water partition coefficient (Wildman–Crippen LogP) is 9.78.